The molecule has 2 aliphatic heterocycles. The van der Waals surface area contributed by atoms with Gasteiger partial charge in [0.1, 0.15) is 11.4 Å². The van der Waals surface area contributed by atoms with Crippen molar-refractivity contribution < 1.29 is 19.1 Å². The number of amides is 1. The Kier molecular flexibility index (Phi) is 6.49. The maximum Gasteiger partial charge on any atom is 0.407 e. The third-order valence-electron chi connectivity index (χ3n) is 6.00. The van der Waals surface area contributed by atoms with Crippen molar-refractivity contribution in [3.8, 4) is 0 Å². The van der Waals surface area contributed by atoms with Crippen LogP contribution < -0.4 is 10.2 Å². The second-order valence-electron chi connectivity index (χ2n) is 9.47. The lowest BCUT2D eigenvalue weighted by Gasteiger charge is -2.43. The van der Waals surface area contributed by atoms with E-state index >= 15 is 0 Å². The number of pyridine rings is 1. The molecule has 2 fully saturated rings. The number of rotatable bonds is 3. The molecule has 1 N–H and O–H groups in total. The summed E-state index contributed by atoms with van der Waals surface area (Å²) in [5.41, 5.74) is 0.797. The molecule has 1 aromatic heterocycles. The molecule has 0 saturated carbocycles. The zero-order valence-corrected chi connectivity index (χ0v) is 20.3. The van der Waals surface area contributed by atoms with Crippen LogP contribution in [0.2, 0.25) is 0 Å². The monoisotopic (exact) mass is 481 g/mol. The molecule has 1 amide bonds. The van der Waals surface area contributed by atoms with E-state index in [0.717, 1.165) is 41.9 Å². The number of Topliss-reactive ketones (excluding diaryl/α,β-unsaturated/α-hetero) is 1. The van der Waals surface area contributed by atoms with E-state index in [0.29, 0.717) is 12.2 Å². The van der Waals surface area contributed by atoms with Gasteiger partial charge in [-0.3, -0.25) is 4.79 Å². The Hall–Kier alpha value is -1.67. The lowest BCUT2D eigenvalue weighted by Crippen LogP contribution is -2.55. The van der Waals surface area contributed by atoms with Gasteiger partial charge >= 0.3 is 6.09 Å². The van der Waals surface area contributed by atoms with E-state index in [1.165, 1.54) is 0 Å². The molecule has 0 unspecified atom stereocenters. The Balaban J connectivity index is 1.76. The fourth-order valence-electron chi connectivity index (χ4n) is 4.37. The minimum Gasteiger partial charge on any atom is -0.444 e. The third kappa shape index (κ3) is 4.80. The SMILES string of the molecule is CC(=O)c1cc(Br)c(C)nc1N1CCC2(CC1)CO[C@@H](C)[C@H]2NC(=O)OC(C)(C)C. The average Bonchev–Trinajstić information content (AvgIpc) is 2.92. The van der Waals surface area contributed by atoms with Crippen molar-refractivity contribution in [2.45, 2.75) is 72.1 Å². The molecule has 1 aromatic rings. The molecule has 3 heterocycles. The molecule has 2 atom stereocenters. The number of aromatic nitrogens is 1. The fourth-order valence-corrected chi connectivity index (χ4v) is 4.69. The van der Waals surface area contributed by atoms with Gasteiger partial charge in [0, 0.05) is 23.0 Å². The van der Waals surface area contributed by atoms with Crippen LogP contribution in [0, 0.1) is 12.3 Å². The highest BCUT2D eigenvalue weighted by molar-refractivity contribution is 9.10. The molecule has 30 heavy (non-hydrogen) atoms. The smallest absolute Gasteiger partial charge is 0.407 e. The Morgan fingerprint density at radius 3 is 2.53 bits per heavy atom. The number of nitrogens with zero attached hydrogens (tertiary/aromatic N) is 2. The standard InChI is InChI=1S/C22H32BrN3O4/c1-13-17(23)11-16(14(2)27)19(24-13)26-9-7-22(8-10-26)12-29-15(3)18(22)25-20(28)30-21(4,5)6/h11,15,18H,7-10,12H2,1-6H3,(H,25,28)/t15-,18+/m0/s1. The maximum atomic E-state index is 12.4. The van der Waals surface area contributed by atoms with Crippen molar-refractivity contribution in [3.63, 3.8) is 0 Å². The van der Waals surface area contributed by atoms with Gasteiger partial charge in [-0.05, 0) is 76.4 Å². The van der Waals surface area contributed by atoms with Gasteiger partial charge in [0.2, 0.25) is 0 Å². The van der Waals surface area contributed by atoms with Crippen LogP contribution in [-0.2, 0) is 9.47 Å². The lowest BCUT2D eigenvalue weighted by molar-refractivity contribution is 0.0434. The Bertz CT molecular complexity index is 828. The van der Waals surface area contributed by atoms with Gasteiger partial charge in [-0.25, -0.2) is 9.78 Å². The van der Waals surface area contributed by atoms with E-state index in [2.05, 4.69) is 26.1 Å². The van der Waals surface area contributed by atoms with Crippen LogP contribution >= 0.6 is 15.9 Å². The Morgan fingerprint density at radius 2 is 1.97 bits per heavy atom. The minimum absolute atomic E-state index is 0.000720. The summed E-state index contributed by atoms with van der Waals surface area (Å²) in [4.78, 5) is 31.5. The first-order valence-electron chi connectivity index (χ1n) is 10.5. The van der Waals surface area contributed by atoms with Crippen LogP contribution in [0.15, 0.2) is 10.5 Å². The van der Waals surface area contributed by atoms with Crippen LogP contribution in [0.4, 0.5) is 10.6 Å². The summed E-state index contributed by atoms with van der Waals surface area (Å²) in [5, 5.41) is 3.07. The summed E-state index contributed by atoms with van der Waals surface area (Å²) in [6.07, 6.45) is 1.19. The number of hydrogen-bond donors (Lipinski definition) is 1. The highest BCUT2D eigenvalue weighted by Crippen LogP contribution is 2.43. The van der Waals surface area contributed by atoms with E-state index in [4.69, 9.17) is 14.5 Å². The summed E-state index contributed by atoms with van der Waals surface area (Å²) in [7, 11) is 0. The number of ether oxygens (including phenoxy) is 2. The van der Waals surface area contributed by atoms with Gasteiger partial charge in [0.15, 0.2) is 5.78 Å². The van der Waals surface area contributed by atoms with E-state index in [1.54, 1.807) is 6.92 Å². The van der Waals surface area contributed by atoms with Gasteiger partial charge in [0.25, 0.3) is 0 Å². The van der Waals surface area contributed by atoms with Crippen LogP contribution in [0.1, 0.15) is 63.5 Å². The normalized spacial score (nSPS) is 23.5. The second kappa shape index (κ2) is 8.46. The number of anilines is 1. The summed E-state index contributed by atoms with van der Waals surface area (Å²) in [6.45, 7) is 13.2. The zero-order chi connectivity index (χ0) is 22.3. The van der Waals surface area contributed by atoms with Crippen molar-refractivity contribution >= 4 is 33.6 Å². The van der Waals surface area contributed by atoms with Crippen LogP contribution in [0.5, 0.6) is 0 Å². The van der Waals surface area contributed by atoms with E-state index in [1.807, 2.05) is 40.7 Å². The molecule has 0 aliphatic carbocycles. The van der Waals surface area contributed by atoms with E-state index < -0.39 is 11.7 Å². The quantitative estimate of drug-likeness (QED) is 0.649. The molecule has 8 heteroatoms. The van der Waals surface area contributed by atoms with Gasteiger partial charge < -0.3 is 19.7 Å². The number of alkyl carbamates (subject to hydrolysis) is 1. The topological polar surface area (TPSA) is 80.8 Å². The predicted molar refractivity (Wildman–Crippen MR) is 119 cm³/mol. The fraction of sp³-hybridized carbons (Fsp3) is 0.682. The molecule has 1 spiro atoms. The molecule has 2 aliphatic rings. The average molecular weight is 482 g/mol. The number of carbonyl (C=O) groups is 2. The first-order chi connectivity index (χ1) is 13.9. The molecule has 166 valence electrons. The molecule has 3 rings (SSSR count). The van der Waals surface area contributed by atoms with Crippen molar-refractivity contribution in [1.82, 2.24) is 10.3 Å². The van der Waals surface area contributed by atoms with Crippen molar-refractivity contribution in [2.75, 3.05) is 24.6 Å². The molecular weight excluding hydrogens is 450 g/mol. The van der Waals surface area contributed by atoms with Gasteiger partial charge in [0.05, 0.1) is 30.0 Å². The van der Waals surface area contributed by atoms with Crippen LogP contribution in [0.3, 0.4) is 0 Å². The highest BCUT2D eigenvalue weighted by Gasteiger charge is 2.50. The number of piperidine rings is 1. The van der Waals surface area contributed by atoms with Gasteiger partial charge in [-0.1, -0.05) is 0 Å². The molecule has 0 aromatic carbocycles. The molecule has 0 bridgehead atoms. The number of ketones is 1. The van der Waals surface area contributed by atoms with Crippen LogP contribution in [-0.4, -0.2) is 54.3 Å². The Morgan fingerprint density at radius 1 is 1.33 bits per heavy atom. The first kappa shape index (κ1) is 23.0. The van der Waals surface area contributed by atoms with Crippen molar-refractivity contribution in [2.24, 2.45) is 5.41 Å². The summed E-state index contributed by atoms with van der Waals surface area (Å²) < 4.78 is 12.3. The number of carbonyl (C=O) groups excluding carboxylic acids is 2. The maximum absolute atomic E-state index is 12.4. The number of nitrogens with one attached hydrogen (secondary N) is 1. The van der Waals surface area contributed by atoms with E-state index in [-0.39, 0.29) is 23.3 Å². The minimum atomic E-state index is -0.544. The molecular formula is C22H32BrN3O4. The summed E-state index contributed by atoms with van der Waals surface area (Å²) in [6, 6.07) is 1.75. The number of hydrogen-bond acceptors (Lipinski definition) is 6. The molecule has 2 saturated heterocycles. The number of aryl methyl sites for hydroxylation is 1. The summed E-state index contributed by atoms with van der Waals surface area (Å²) >= 11 is 3.48. The lowest BCUT2D eigenvalue weighted by atomic mass is 9.73. The number of halogens is 1. The largest absolute Gasteiger partial charge is 0.444 e. The third-order valence-corrected chi connectivity index (χ3v) is 6.81. The van der Waals surface area contributed by atoms with Gasteiger partial charge in [-0.15, -0.1) is 0 Å². The Labute approximate surface area is 187 Å². The molecule has 7 nitrogen and oxygen atoms in total. The van der Waals surface area contributed by atoms with Gasteiger partial charge in [-0.2, -0.15) is 0 Å². The highest BCUT2D eigenvalue weighted by atomic mass is 79.9. The first-order valence-corrected chi connectivity index (χ1v) is 11.3. The van der Waals surface area contributed by atoms with E-state index in [9.17, 15) is 9.59 Å². The predicted octanol–water partition coefficient (Wildman–Crippen LogP) is 4.25. The zero-order valence-electron chi connectivity index (χ0n) is 18.7. The molecule has 0 radical (unpaired) electrons. The second-order valence-corrected chi connectivity index (χ2v) is 10.3. The van der Waals surface area contributed by atoms with Crippen molar-refractivity contribution in [1.29, 1.82) is 0 Å². The van der Waals surface area contributed by atoms with Crippen molar-refractivity contribution in [3.05, 3.63) is 21.8 Å². The van der Waals surface area contributed by atoms with Crippen LogP contribution in [0.25, 0.3) is 0 Å². The summed E-state index contributed by atoms with van der Waals surface area (Å²) in [5.74, 6) is 0.738.